The van der Waals surface area contributed by atoms with Crippen molar-refractivity contribution in [2.45, 2.75) is 6.42 Å². The van der Waals surface area contributed by atoms with Crippen LogP contribution in [0.2, 0.25) is 0 Å². The summed E-state index contributed by atoms with van der Waals surface area (Å²) in [6.07, 6.45) is 5.26. The fraction of sp³-hybridized carbons (Fsp3) is 0.357. The van der Waals surface area contributed by atoms with Gasteiger partial charge in [0.1, 0.15) is 0 Å². The van der Waals surface area contributed by atoms with Crippen LogP contribution in [0.4, 0.5) is 0 Å². The van der Waals surface area contributed by atoms with Crippen molar-refractivity contribution in [1.29, 1.82) is 0 Å². The smallest absolute Gasteiger partial charge is 0.0167 e. The first-order chi connectivity index (χ1) is 7.86. The lowest BCUT2D eigenvalue weighted by atomic mass is 10.2. The molecule has 2 N–H and O–H groups in total. The summed E-state index contributed by atoms with van der Waals surface area (Å²) in [5, 5.41) is 0. The van der Waals surface area contributed by atoms with Crippen molar-refractivity contribution in [2.24, 2.45) is 5.73 Å². The molecule has 0 saturated carbocycles. The van der Waals surface area contributed by atoms with Crippen LogP contribution in [0.1, 0.15) is 12.0 Å². The van der Waals surface area contributed by atoms with Gasteiger partial charge in [-0.2, -0.15) is 0 Å². The highest BCUT2D eigenvalue weighted by molar-refractivity contribution is 5.85. The number of rotatable bonds is 7. The van der Waals surface area contributed by atoms with Gasteiger partial charge in [0.25, 0.3) is 0 Å². The molecule has 95 valence electrons. The summed E-state index contributed by atoms with van der Waals surface area (Å²) in [5.41, 5.74) is 6.80. The van der Waals surface area contributed by atoms with Crippen LogP contribution in [-0.2, 0) is 0 Å². The number of halogens is 1. The van der Waals surface area contributed by atoms with Crippen LogP contribution < -0.4 is 5.73 Å². The molecule has 0 atom stereocenters. The van der Waals surface area contributed by atoms with Crippen LogP contribution in [0.25, 0.3) is 6.08 Å². The van der Waals surface area contributed by atoms with Crippen molar-refractivity contribution in [3.8, 4) is 0 Å². The van der Waals surface area contributed by atoms with Crippen LogP contribution in [0.5, 0.6) is 0 Å². The van der Waals surface area contributed by atoms with Gasteiger partial charge in [0.05, 0.1) is 0 Å². The van der Waals surface area contributed by atoms with Gasteiger partial charge in [-0.25, -0.2) is 0 Å². The Hall–Kier alpha value is -0.830. The van der Waals surface area contributed by atoms with Crippen molar-refractivity contribution in [3.63, 3.8) is 0 Å². The standard InChI is InChI=1S/C14H21N2.ClH/c1-2-11-16(13-10-15)12-6-9-14-7-4-3-5-8-14;/h3-9H,1-2,10-13,15H2;1H. The molecule has 0 unspecified atom stereocenters. The quantitative estimate of drug-likeness (QED) is 0.810. The minimum Gasteiger partial charge on any atom is -0.329 e. The number of nitrogens with two attached hydrogens (primary N) is 1. The third-order valence-electron chi connectivity index (χ3n) is 2.39. The second-order valence-electron chi connectivity index (χ2n) is 3.76. The maximum absolute atomic E-state index is 5.56. The Labute approximate surface area is 111 Å². The summed E-state index contributed by atoms with van der Waals surface area (Å²) >= 11 is 0. The van der Waals surface area contributed by atoms with Crippen LogP contribution >= 0.6 is 12.4 Å². The molecular formula is C14H22ClN2. The fourth-order valence-electron chi connectivity index (χ4n) is 1.60. The van der Waals surface area contributed by atoms with Crippen molar-refractivity contribution in [3.05, 3.63) is 48.9 Å². The van der Waals surface area contributed by atoms with Crippen molar-refractivity contribution < 1.29 is 0 Å². The highest BCUT2D eigenvalue weighted by Crippen LogP contribution is 2.01. The van der Waals surface area contributed by atoms with E-state index < -0.39 is 0 Å². The maximum atomic E-state index is 5.56. The predicted molar refractivity (Wildman–Crippen MR) is 78.2 cm³/mol. The summed E-state index contributed by atoms with van der Waals surface area (Å²) in [5.74, 6) is 0. The average Bonchev–Trinajstić information content (AvgIpc) is 2.31. The summed E-state index contributed by atoms with van der Waals surface area (Å²) in [7, 11) is 0. The molecule has 0 aliphatic heterocycles. The minimum absolute atomic E-state index is 0. The van der Waals surface area contributed by atoms with E-state index >= 15 is 0 Å². The van der Waals surface area contributed by atoms with E-state index in [1.165, 1.54) is 5.56 Å². The Kier molecular flexibility index (Phi) is 9.83. The SMILES string of the molecule is Cl.[CH2]CCN(CC=Cc1ccccc1)CCN. The zero-order valence-corrected chi connectivity index (χ0v) is 11.0. The topological polar surface area (TPSA) is 29.3 Å². The molecule has 0 aromatic heterocycles. The molecule has 17 heavy (non-hydrogen) atoms. The predicted octanol–water partition coefficient (Wildman–Crippen LogP) is 2.61. The van der Waals surface area contributed by atoms with Crippen LogP contribution in [-0.4, -0.2) is 31.1 Å². The number of hydrogen-bond acceptors (Lipinski definition) is 2. The normalized spacial score (nSPS) is 10.8. The number of hydrogen-bond donors (Lipinski definition) is 1. The van der Waals surface area contributed by atoms with Gasteiger partial charge < -0.3 is 5.73 Å². The highest BCUT2D eigenvalue weighted by atomic mass is 35.5. The van der Waals surface area contributed by atoms with Crippen molar-refractivity contribution in [1.82, 2.24) is 4.90 Å². The van der Waals surface area contributed by atoms with Crippen molar-refractivity contribution >= 4 is 18.5 Å². The molecule has 0 heterocycles. The van der Waals surface area contributed by atoms with E-state index in [0.29, 0.717) is 6.54 Å². The zero-order chi connectivity index (χ0) is 11.6. The van der Waals surface area contributed by atoms with E-state index in [4.69, 9.17) is 5.73 Å². The van der Waals surface area contributed by atoms with Crippen molar-refractivity contribution in [2.75, 3.05) is 26.2 Å². The Morgan fingerprint density at radius 3 is 2.47 bits per heavy atom. The number of benzene rings is 1. The molecule has 0 saturated heterocycles. The molecule has 1 aromatic carbocycles. The molecule has 0 fully saturated rings. The third kappa shape index (κ3) is 7.16. The summed E-state index contributed by atoms with van der Waals surface area (Å²) in [6.45, 7) is 7.47. The average molecular weight is 254 g/mol. The second kappa shape index (κ2) is 10.3. The van der Waals surface area contributed by atoms with E-state index in [1.807, 2.05) is 18.2 Å². The summed E-state index contributed by atoms with van der Waals surface area (Å²) in [4.78, 5) is 2.31. The van der Waals surface area contributed by atoms with Gasteiger partial charge in [-0.1, -0.05) is 49.4 Å². The first-order valence-corrected chi connectivity index (χ1v) is 5.80. The molecule has 2 nitrogen and oxygen atoms in total. The van der Waals surface area contributed by atoms with Gasteiger partial charge in [0.2, 0.25) is 0 Å². The highest BCUT2D eigenvalue weighted by Gasteiger charge is 1.98. The summed E-state index contributed by atoms with van der Waals surface area (Å²) in [6, 6.07) is 10.3. The Morgan fingerprint density at radius 1 is 1.18 bits per heavy atom. The molecule has 1 aromatic rings. The molecule has 0 bridgehead atoms. The molecule has 0 aliphatic carbocycles. The minimum atomic E-state index is 0. The maximum Gasteiger partial charge on any atom is 0.0167 e. The Bertz CT molecular complexity index is 292. The lowest BCUT2D eigenvalue weighted by Gasteiger charge is -2.18. The lowest BCUT2D eigenvalue weighted by molar-refractivity contribution is 0.317. The van der Waals surface area contributed by atoms with Crippen LogP contribution in [0.15, 0.2) is 36.4 Å². The number of nitrogens with zero attached hydrogens (tertiary/aromatic N) is 1. The zero-order valence-electron chi connectivity index (χ0n) is 10.2. The lowest BCUT2D eigenvalue weighted by Crippen LogP contribution is -2.30. The second-order valence-corrected chi connectivity index (χ2v) is 3.76. The fourth-order valence-corrected chi connectivity index (χ4v) is 1.60. The Morgan fingerprint density at radius 2 is 1.88 bits per heavy atom. The summed E-state index contributed by atoms with van der Waals surface area (Å²) < 4.78 is 0. The first-order valence-electron chi connectivity index (χ1n) is 5.80. The van der Waals surface area contributed by atoms with Crippen LogP contribution in [0.3, 0.4) is 0 Å². The van der Waals surface area contributed by atoms with Crippen LogP contribution in [0, 0.1) is 6.92 Å². The first kappa shape index (κ1) is 16.2. The van der Waals surface area contributed by atoms with Gasteiger partial charge in [0.15, 0.2) is 0 Å². The Balaban J connectivity index is 0.00000256. The van der Waals surface area contributed by atoms with Gasteiger partial charge in [-0.15, -0.1) is 12.4 Å². The largest absolute Gasteiger partial charge is 0.329 e. The van der Waals surface area contributed by atoms with Gasteiger partial charge >= 0.3 is 0 Å². The molecule has 0 amide bonds. The third-order valence-corrected chi connectivity index (χ3v) is 2.39. The molecular weight excluding hydrogens is 232 g/mol. The van der Waals surface area contributed by atoms with E-state index in [0.717, 1.165) is 26.1 Å². The molecule has 1 radical (unpaired) electrons. The van der Waals surface area contributed by atoms with Gasteiger partial charge in [-0.3, -0.25) is 4.90 Å². The van der Waals surface area contributed by atoms with E-state index in [-0.39, 0.29) is 12.4 Å². The van der Waals surface area contributed by atoms with E-state index in [1.54, 1.807) is 0 Å². The van der Waals surface area contributed by atoms with Gasteiger partial charge in [-0.05, 0) is 18.5 Å². The molecule has 1 rings (SSSR count). The van der Waals surface area contributed by atoms with Gasteiger partial charge in [0, 0.05) is 19.6 Å². The molecule has 0 aliphatic rings. The monoisotopic (exact) mass is 253 g/mol. The molecule has 3 heteroatoms. The van der Waals surface area contributed by atoms with E-state index in [9.17, 15) is 0 Å². The molecule has 0 spiro atoms. The van der Waals surface area contributed by atoms with E-state index in [2.05, 4.69) is 36.1 Å².